The van der Waals surface area contributed by atoms with Crippen LogP contribution in [-0.4, -0.2) is 47.6 Å². The summed E-state index contributed by atoms with van der Waals surface area (Å²) >= 11 is 0. The Balaban J connectivity index is 2.30. The van der Waals surface area contributed by atoms with E-state index in [9.17, 15) is 9.59 Å². The van der Waals surface area contributed by atoms with Gasteiger partial charge in [-0.3, -0.25) is 9.59 Å². The molecule has 9 heteroatoms. The van der Waals surface area contributed by atoms with Crippen LogP contribution in [0.2, 0.25) is 0 Å². The van der Waals surface area contributed by atoms with Crippen LogP contribution < -0.4 is 24.8 Å². The van der Waals surface area contributed by atoms with Crippen LogP contribution in [0.4, 0.5) is 0 Å². The Bertz CT molecular complexity index is 920. The van der Waals surface area contributed by atoms with Crippen LogP contribution in [0.25, 0.3) is 0 Å². The average Bonchev–Trinajstić information content (AvgIpc) is 2.75. The highest BCUT2D eigenvalue weighted by Gasteiger charge is 2.29. The molecule has 1 heterocycles. The number of rotatable bonds is 9. The van der Waals surface area contributed by atoms with Crippen molar-refractivity contribution in [2.24, 2.45) is 5.92 Å². The summed E-state index contributed by atoms with van der Waals surface area (Å²) in [6, 6.07) is 7.44. The van der Waals surface area contributed by atoms with Gasteiger partial charge in [0, 0.05) is 5.54 Å². The van der Waals surface area contributed by atoms with Gasteiger partial charge in [-0.05, 0) is 38.8 Å². The largest absolute Gasteiger partial charge is 0.481 e. The summed E-state index contributed by atoms with van der Waals surface area (Å²) in [7, 11) is 2.93. The number of aromatic nitrogens is 2. The van der Waals surface area contributed by atoms with Crippen molar-refractivity contribution in [3.8, 4) is 23.5 Å². The Morgan fingerprint density at radius 1 is 1.06 bits per heavy atom. The van der Waals surface area contributed by atoms with E-state index in [1.165, 1.54) is 20.3 Å². The Morgan fingerprint density at radius 3 is 2.19 bits per heavy atom. The SMILES string of the molecule is CCC(C)[C@H](NC(=O)c1ccccc1Oc1nc(OC)cc(OC)n1)C(=O)NC(C)(C)C. The number of ether oxygens (including phenoxy) is 3. The number of nitrogens with zero attached hydrogens (tertiary/aromatic N) is 2. The second-order valence-corrected chi connectivity index (χ2v) is 8.41. The van der Waals surface area contributed by atoms with E-state index >= 15 is 0 Å². The monoisotopic (exact) mass is 444 g/mol. The lowest BCUT2D eigenvalue weighted by atomic mass is 9.96. The van der Waals surface area contributed by atoms with Crippen LogP contribution in [-0.2, 0) is 4.79 Å². The molecule has 0 spiro atoms. The van der Waals surface area contributed by atoms with Crippen LogP contribution in [0.5, 0.6) is 23.5 Å². The zero-order valence-electron chi connectivity index (χ0n) is 19.7. The highest BCUT2D eigenvalue weighted by atomic mass is 16.5. The van der Waals surface area contributed by atoms with Gasteiger partial charge >= 0.3 is 6.01 Å². The molecule has 0 aliphatic carbocycles. The highest BCUT2D eigenvalue weighted by molar-refractivity contribution is 5.99. The summed E-state index contributed by atoms with van der Waals surface area (Å²) in [6.45, 7) is 9.58. The number of hydrogen-bond acceptors (Lipinski definition) is 7. The maximum atomic E-state index is 13.1. The molecule has 2 N–H and O–H groups in total. The number of benzene rings is 1. The van der Waals surface area contributed by atoms with Gasteiger partial charge in [-0.15, -0.1) is 0 Å². The number of amides is 2. The molecule has 1 aromatic carbocycles. The third-order valence-corrected chi connectivity index (χ3v) is 4.69. The van der Waals surface area contributed by atoms with Crippen molar-refractivity contribution in [2.75, 3.05) is 14.2 Å². The molecule has 2 aromatic rings. The summed E-state index contributed by atoms with van der Waals surface area (Å²) < 4.78 is 16.1. The van der Waals surface area contributed by atoms with Crippen molar-refractivity contribution in [3.05, 3.63) is 35.9 Å². The molecule has 0 bridgehead atoms. The lowest BCUT2D eigenvalue weighted by Gasteiger charge is -2.28. The molecule has 1 aromatic heterocycles. The zero-order valence-corrected chi connectivity index (χ0v) is 19.7. The van der Waals surface area contributed by atoms with Crippen LogP contribution >= 0.6 is 0 Å². The van der Waals surface area contributed by atoms with Gasteiger partial charge in [0.2, 0.25) is 17.7 Å². The number of carbonyl (C=O) groups excluding carboxylic acids is 2. The first-order chi connectivity index (χ1) is 15.1. The third kappa shape index (κ3) is 6.83. The minimum absolute atomic E-state index is 0.0367. The van der Waals surface area contributed by atoms with E-state index in [0.717, 1.165) is 6.42 Å². The van der Waals surface area contributed by atoms with Crippen molar-refractivity contribution in [1.29, 1.82) is 0 Å². The van der Waals surface area contributed by atoms with Crippen molar-refractivity contribution in [2.45, 2.75) is 52.6 Å². The molecule has 0 saturated heterocycles. The quantitative estimate of drug-likeness (QED) is 0.610. The molecular formula is C23H32N4O5. The molecule has 2 rings (SSSR count). The van der Waals surface area contributed by atoms with Gasteiger partial charge < -0.3 is 24.8 Å². The molecule has 174 valence electrons. The summed E-state index contributed by atoms with van der Waals surface area (Å²) in [5.74, 6) is -0.00183. The maximum Gasteiger partial charge on any atom is 0.328 e. The first-order valence-corrected chi connectivity index (χ1v) is 10.4. The smallest absolute Gasteiger partial charge is 0.328 e. The van der Waals surface area contributed by atoms with E-state index in [0.29, 0.717) is 0 Å². The van der Waals surface area contributed by atoms with Crippen LogP contribution in [0, 0.1) is 5.92 Å². The first kappa shape index (κ1) is 24.9. The van der Waals surface area contributed by atoms with E-state index in [1.807, 2.05) is 34.6 Å². The minimum Gasteiger partial charge on any atom is -0.481 e. The standard InChI is InChI=1S/C23H32N4O5/c1-8-14(2)19(21(29)27-23(3,4)5)26-20(28)15-11-9-10-12-16(15)32-22-24-17(30-6)13-18(25-22)31-7/h9-14,19H,8H2,1-7H3,(H,26,28)(H,27,29)/t14?,19-/m0/s1. The van der Waals surface area contributed by atoms with E-state index < -0.39 is 17.5 Å². The Hall–Kier alpha value is -3.36. The van der Waals surface area contributed by atoms with Gasteiger partial charge in [0.15, 0.2) is 0 Å². The maximum absolute atomic E-state index is 13.1. The lowest BCUT2D eigenvalue weighted by Crippen LogP contribution is -2.54. The zero-order chi connectivity index (χ0) is 23.9. The molecule has 0 aliphatic heterocycles. The second-order valence-electron chi connectivity index (χ2n) is 8.41. The summed E-state index contributed by atoms with van der Waals surface area (Å²) in [6.07, 6.45) is 0.720. The lowest BCUT2D eigenvalue weighted by molar-refractivity contribution is -0.125. The van der Waals surface area contributed by atoms with Crippen molar-refractivity contribution in [3.63, 3.8) is 0 Å². The molecule has 2 amide bonds. The minimum atomic E-state index is -0.701. The molecule has 9 nitrogen and oxygen atoms in total. The molecule has 32 heavy (non-hydrogen) atoms. The van der Waals surface area contributed by atoms with E-state index in [2.05, 4.69) is 20.6 Å². The summed E-state index contributed by atoms with van der Waals surface area (Å²) in [5, 5.41) is 5.79. The highest BCUT2D eigenvalue weighted by Crippen LogP contribution is 2.26. The van der Waals surface area contributed by atoms with Crippen LogP contribution in [0.1, 0.15) is 51.4 Å². The fraction of sp³-hybridized carbons (Fsp3) is 0.478. The normalized spacial score (nSPS) is 13.0. The van der Waals surface area contributed by atoms with Crippen molar-refractivity contribution < 1.29 is 23.8 Å². The number of carbonyl (C=O) groups is 2. The fourth-order valence-corrected chi connectivity index (χ4v) is 2.85. The molecule has 1 unspecified atom stereocenters. The van der Waals surface area contributed by atoms with Crippen molar-refractivity contribution in [1.82, 2.24) is 20.6 Å². The third-order valence-electron chi connectivity index (χ3n) is 4.69. The number of hydrogen-bond donors (Lipinski definition) is 2. The topological polar surface area (TPSA) is 112 Å². The van der Waals surface area contributed by atoms with Gasteiger partial charge in [0.1, 0.15) is 11.8 Å². The van der Waals surface area contributed by atoms with Gasteiger partial charge in [0.05, 0.1) is 25.8 Å². The number of nitrogens with one attached hydrogen (secondary N) is 2. The molecule has 2 atom stereocenters. The van der Waals surface area contributed by atoms with E-state index in [1.54, 1.807) is 24.3 Å². The first-order valence-electron chi connectivity index (χ1n) is 10.4. The van der Waals surface area contributed by atoms with Crippen LogP contribution in [0.15, 0.2) is 30.3 Å². The fourth-order valence-electron chi connectivity index (χ4n) is 2.85. The Labute approximate surface area is 188 Å². The molecular weight excluding hydrogens is 412 g/mol. The second kappa shape index (κ2) is 10.8. The van der Waals surface area contributed by atoms with Gasteiger partial charge in [0.25, 0.3) is 5.91 Å². The van der Waals surface area contributed by atoms with Gasteiger partial charge in [-0.25, -0.2) is 0 Å². The molecule has 0 aliphatic rings. The number of para-hydroxylation sites is 1. The molecule has 0 radical (unpaired) electrons. The van der Waals surface area contributed by atoms with E-state index in [4.69, 9.17) is 14.2 Å². The van der Waals surface area contributed by atoms with E-state index in [-0.39, 0.29) is 40.9 Å². The summed E-state index contributed by atoms with van der Waals surface area (Å²) in [4.78, 5) is 34.2. The number of methoxy groups -OCH3 is 2. The average molecular weight is 445 g/mol. The predicted molar refractivity (Wildman–Crippen MR) is 120 cm³/mol. The van der Waals surface area contributed by atoms with Gasteiger partial charge in [-0.1, -0.05) is 32.4 Å². The Kier molecular flexibility index (Phi) is 8.40. The van der Waals surface area contributed by atoms with Crippen molar-refractivity contribution >= 4 is 11.8 Å². The predicted octanol–water partition coefficient (Wildman–Crippen LogP) is 3.35. The van der Waals surface area contributed by atoms with Crippen LogP contribution in [0.3, 0.4) is 0 Å². The molecule has 0 saturated carbocycles. The van der Waals surface area contributed by atoms with Gasteiger partial charge in [-0.2, -0.15) is 9.97 Å². The summed E-state index contributed by atoms with van der Waals surface area (Å²) in [5.41, 5.74) is -0.174. The molecule has 0 fully saturated rings. The Morgan fingerprint density at radius 2 is 1.66 bits per heavy atom.